The van der Waals surface area contributed by atoms with Crippen LogP contribution < -0.4 is 10.1 Å². The van der Waals surface area contributed by atoms with Crippen molar-refractivity contribution in [3.05, 3.63) is 12.1 Å². The minimum absolute atomic E-state index is 0.0602. The van der Waals surface area contributed by atoms with E-state index in [9.17, 15) is 13.2 Å². The second-order valence-corrected chi connectivity index (χ2v) is 4.70. The Balaban J connectivity index is 3.25. The van der Waals surface area contributed by atoms with Crippen LogP contribution in [-0.2, 0) is 14.6 Å². The van der Waals surface area contributed by atoms with E-state index < -0.39 is 9.84 Å². The van der Waals surface area contributed by atoms with E-state index in [2.05, 4.69) is 10.3 Å². The van der Waals surface area contributed by atoms with Gasteiger partial charge < -0.3 is 10.1 Å². The van der Waals surface area contributed by atoms with Crippen LogP contribution in [0.5, 0.6) is 5.88 Å². The molecule has 0 aromatic carbocycles. The third-order valence-corrected chi connectivity index (χ3v) is 2.61. The van der Waals surface area contributed by atoms with Crippen molar-refractivity contribution in [1.82, 2.24) is 4.98 Å². The lowest BCUT2D eigenvalue weighted by molar-refractivity contribution is -0.105. The number of anilines is 1. The maximum Gasteiger partial charge on any atom is 0.238 e. The average Bonchev–Trinajstić information content (AvgIpc) is 2.17. The maximum atomic E-state index is 11.2. The predicted octanol–water partition coefficient (Wildman–Crippen LogP) is 0.0620. The summed E-state index contributed by atoms with van der Waals surface area (Å²) < 4.78 is 27.2. The van der Waals surface area contributed by atoms with E-state index in [0.29, 0.717) is 12.1 Å². The van der Waals surface area contributed by atoms with Crippen LogP contribution in [0.4, 0.5) is 5.69 Å². The van der Waals surface area contributed by atoms with E-state index in [-0.39, 0.29) is 10.9 Å². The highest BCUT2D eigenvalue weighted by molar-refractivity contribution is 7.90. The lowest BCUT2D eigenvalue weighted by Gasteiger charge is -2.06. The average molecular weight is 230 g/mol. The Bertz CT molecular complexity index is 470. The summed E-state index contributed by atoms with van der Waals surface area (Å²) in [6.07, 6.45) is 1.50. The number of carbonyl (C=O) groups excluding carboxylic acids is 1. The molecule has 0 aliphatic rings. The summed E-state index contributed by atoms with van der Waals surface area (Å²) in [7, 11) is -2.04. The van der Waals surface area contributed by atoms with Gasteiger partial charge in [-0.3, -0.25) is 4.79 Å². The molecule has 1 rings (SSSR count). The van der Waals surface area contributed by atoms with Gasteiger partial charge in [-0.25, -0.2) is 8.42 Å². The minimum atomic E-state index is -3.37. The summed E-state index contributed by atoms with van der Waals surface area (Å²) in [5, 5.41) is 2.24. The number of hydrogen-bond donors (Lipinski definition) is 1. The van der Waals surface area contributed by atoms with E-state index in [0.717, 1.165) is 6.26 Å². The molecule has 0 unspecified atom stereocenters. The van der Waals surface area contributed by atoms with Gasteiger partial charge in [0, 0.05) is 6.26 Å². The van der Waals surface area contributed by atoms with E-state index in [1.54, 1.807) is 0 Å². The van der Waals surface area contributed by atoms with Crippen molar-refractivity contribution >= 4 is 21.9 Å². The summed E-state index contributed by atoms with van der Waals surface area (Å²) in [6, 6.07) is 2.71. The zero-order valence-electron chi connectivity index (χ0n) is 8.22. The van der Waals surface area contributed by atoms with E-state index in [4.69, 9.17) is 4.74 Å². The van der Waals surface area contributed by atoms with E-state index in [1.165, 1.54) is 19.2 Å². The van der Waals surface area contributed by atoms with Gasteiger partial charge in [-0.05, 0) is 12.1 Å². The minimum Gasteiger partial charge on any atom is -0.479 e. The molecule has 1 heterocycles. The molecule has 1 N–H and O–H groups in total. The van der Waals surface area contributed by atoms with Gasteiger partial charge in [-0.1, -0.05) is 0 Å². The van der Waals surface area contributed by atoms with Crippen LogP contribution >= 0.6 is 0 Å². The van der Waals surface area contributed by atoms with Gasteiger partial charge in [0.15, 0.2) is 14.9 Å². The number of sulfone groups is 1. The Morgan fingerprint density at radius 3 is 2.60 bits per heavy atom. The molecule has 0 aliphatic carbocycles. The van der Waals surface area contributed by atoms with Crippen molar-refractivity contribution in [2.45, 2.75) is 5.03 Å². The Morgan fingerprint density at radius 2 is 2.13 bits per heavy atom. The molecule has 1 aromatic rings. The number of ether oxygens (including phenoxy) is 1. The largest absolute Gasteiger partial charge is 0.479 e. The molecule has 0 radical (unpaired) electrons. The second-order valence-electron chi connectivity index (χ2n) is 2.74. The lowest BCUT2D eigenvalue weighted by Crippen LogP contribution is -2.05. The van der Waals surface area contributed by atoms with Crippen molar-refractivity contribution in [3.8, 4) is 5.88 Å². The van der Waals surface area contributed by atoms with Gasteiger partial charge in [0.25, 0.3) is 0 Å². The van der Waals surface area contributed by atoms with Crippen LogP contribution in [0.3, 0.4) is 0 Å². The normalized spacial score (nSPS) is 10.8. The summed E-state index contributed by atoms with van der Waals surface area (Å²) in [5.74, 6) is 0.0602. The molecule has 1 aromatic heterocycles. The zero-order chi connectivity index (χ0) is 11.5. The van der Waals surface area contributed by atoms with Crippen LogP contribution in [0.25, 0.3) is 0 Å². The van der Waals surface area contributed by atoms with Crippen LogP contribution in [0.15, 0.2) is 17.2 Å². The number of rotatable bonds is 4. The molecule has 0 atom stereocenters. The highest BCUT2D eigenvalue weighted by atomic mass is 32.2. The molecule has 15 heavy (non-hydrogen) atoms. The first kappa shape index (κ1) is 11.4. The van der Waals surface area contributed by atoms with Crippen LogP contribution in [0.1, 0.15) is 0 Å². The van der Waals surface area contributed by atoms with Crippen molar-refractivity contribution in [3.63, 3.8) is 0 Å². The fourth-order valence-corrected chi connectivity index (χ4v) is 1.52. The van der Waals surface area contributed by atoms with Crippen LogP contribution in [-0.4, -0.2) is 33.2 Å². The fraction of sp³-hybridized carbons (Fsp3) is 0.250. The first-order valence-corrected chi connectivity index (χ1v) is 5.83. The quantitative estimate of drug-likeness (QED) is 0.739. The molecular formula is C8H10N2O4S. The lowest BCUT2D eigenvalue weighted by atomic mass is 10.4. The number of pyridine rings is 1. The molecule has 0 saturated carbocycles. The molecule has 6 nitrogen and oxygen atoms in total. The van der Waals surface area contributed by atoms with Gasteiger partial charge in [0.1, 0.15) is 5.69 Å². The number of nitrogens with zero attached hydrogens (tertiary/aromatic N) is 1. The molecule has 1 amide bonds. The van der Waals surface area contributed by atoms with Crippen molar-refractivity contribution < 1.29 is 17.9 Å². The molecule has 82 valence electrons. The Morgan fingerprint density at radius 1 is 1.47 bits per heavy atom. The highest BCUT2D eigenvalue weighted by Gasteiger charge is 2.12. The van der Waals surface area contributed by atoms with Gasteiger partial charge >= 0.3 is 0 Å². The van der Waals surface area contributed by atoms with E-state index >= 15 is 0 Å². The molecule has 0 spiro atoms. The van der Waals surface area contributed by atoms with Crippen LogP contribution in [0, 0.1) is 0 Å². The smallest absolute Gasteiger partial charge is 0.238 e. The summed E-state index contributed by atoms with van der Waals surface area (Å²) in [5.41, 5.74) is 0.319. The van der Waals surface area contributed by atoms with Crippen molar-refractivity contribution in [1.29, 1.82) is 0 Å². The second kappa shape index (κ2) is 4.26. The van der Waals surface area contributed by atoms with Crippen molar-refractivity contribution in [2.75, 3.05) is 18.7 Å². The maximum absolute atomic E-state index is 11.2. The number of carbonyl (C=O) groups is 1. The highest BCUT2D eigenvalue weighted by Crippen LogP contribution is 2.22. The standard InChI is InChI=1S/C8H10N2O4S/c1-14-8-6(9-5-11)3-4-7(10-8)15(2,12)13/h3-5H,1-2H3,(H,9,11). The number of hydrogen-bond acceptors (Lipinski definition) is 5. The molecule has 0 fully saturated rings. The number of amides is 1. The molecule has 0 bridgehead atoms. The molecule has 7 heteroatoms. The third kappa shape index (κ3) is 2.66. The first-order valence-electron chi connectivity index (χ1n) is 3.94. The first-order chi connectivity index (χ1) is 6.99. The van der Waals surface area contributed by atoms with Crippen LogP contribution in [0.2, 0.25) is 0 Å². The Hall–Kier alpha value is -1.63. The Labute approximate surface area is 87.2 Å². The summed E-state index contributed by atoms with van der Waals surface area (Å²) in [4.78, 5) is 14.0. The van der Waals surface area contributed by atoms with Gasteiger partial charge in [-0.2, -0.15) is 4.98 Å². The number of methoxy groups -OCH3 is 1. The summed E-state index contributed by atoms with van der Waals surface area (Å²) in [6.45, 7) is 0. The number of aromatic nitrogens is 1. The monoisotopic (exact) mass is 230 g/mol. The number of nitrogens with one attached hydrogen (secondary N) is 1. The zero-order valence-corrected chi connectivity index (χ0v) is 9.04. The predicted molar refractivity (Wildman–Crippen MR) is 53.6 cm³/mol. The fourth-order valence-electron chi connectivity index (χ4n) is 0.959. The Kier molecular flexibility index (Phi) is 3.25. The third-order valence-electron chi connectivity index (χ3n) is 1.62. The summed E-state index contributed by atoms with van der Waals surface area (Å²) >= 11 is 0. The van der Waals surface area contributed by atoms with E-state index in [1.807, 2.05) is 0 Å². The van der Waals surface area contributed by atoms with Gasteiger partial charge in [0.2, 0.25) is 12.3 Å². The topological polar surface area (TPSA) is 85.4 Å². The molecular weight excluding hydrogens is 220 g/mol. The van der Waals surface area contributed by atoms with Crippen molar-refractivity contribution in [2.24, 2.45) is 0 Å². The van der Waals surface area contributed by atoms with Gasteiger partial charge in [-0.15, -0.1) is 0 Å². The van der Waals surface area contributed by atoms with Gasteiger partial charge in [0.05, 0.1) is 7.11 Å². The SMILES string of the molecule is COc1nc(S(C)(=O)=O)ccc1NC=O. The molecule has 0 aliphatic heterocycles. The molecule has 0 saturated heterocycles.